The molecule has 0 saturated carbocycles. The Morgan fingerprint density at radius 3 is 2.54 bits per heavy atom. The Bertz CT molecular complexity index is 864. The van der Waals surface area contributed by atoms with Crippen molar-refractivity contribution in [2.24, 2.45) is 5.73 Å². The van der Waals surface area contributed by atoms with Crippen LogP contribution in [-0.4, -0.2) is 24.4 Å². The topological polar surface area (TPSA) is 94.3 Å². The number of anilines is 1. The highest BCUT2D eigenvalue weighted by molar-refractivity contribution is 5.95. The number of benzene rings is 2. The molecule has 0 bridgehead atoms. The smallest absolute Gasteiger partial charge is 0.293 e. The first kappa shape index (κ1) is 19.1. The quantitative estimate of drug-likeness (QED) is 0.666. The van der Waals surface area contributed by atoms with E-state index in [-0.39, 0.29) is 18.9 Å². The molecule has 1 aromatic heterocycles. The first-order valence-electron chi connectivity index (χ1n) is 8.09. The minimum atomic E-state index is -0.0831. The largest absolute Gasteiger partial charge is 0.463 e. The van der Waals surface area contributed by atoms with E-state index >= 15 is 0 Å². The van der Waals surface area contributed by atoms with Crippen LogP contribution in [0.15, 0.2) is 60.9 Å². The average Bonchev–Trinajstić information content (AvgIpc) is 2.69. The van der Waals surface area contributed by atoms with Gasteiger partial charge in [-0.3, -0.25) is 14.6 Å². The number of carbonyl (C=O) groups excluding carboxylic acids is 2. The van der Waals surface area contributed by atoms with Crippen molar-refractivity contribution in [1.29, 1.82) is 0 Å². The van der Waals surface area contributed by atoms with Crippen molar-refractivity contribution in [3.63, 3.8) is 0 Å². The maximum atomic E-state index is 12.2. The van der Waals surface area contributed by atoms with Crippen LogP contribution in [0.1, 0.15) is 11.1 Å². The lowest BCUT2D eigenvalue weighted by Gasteiger charge is -2.07. The third kappa shape index (κ3) is 5.39. The van der Waals surface area contributed by atoms with E-state index in [0.717, 1.165) is 27.6 Å². The molecule has 3 N–H and O–H groups in total. The van der Waals surface area contributed by atoms with Gasteiger partial charge >= 0.3 is 0 Å². The van der Waals surface area contributed by atoms with Gasteiger partial charge < -0.3 is 15.8 Å². The van der Waals surface area contributed by atoms with Crippen molar-refractivity contribution in [1.82, 2.24) is 4.98 Å². The first-order chi connectivity index (χ1) is 12.7. The number of hydrogen-bond acceptors (Lipinski definition) is 5. The van der Waals surface area contributed by atoms with Crippen molar-refractivity contribution < 1.29 is 14.3 Å². The van der Waals surface area contributed by atoms with Gasteiger partial charge in [-0.1, -0.05) is 30.3 Å². The van der Waals surface area contributed by atoms with Crippen LogP contribution in [0.5, 0.6) is 0 Å². The van der Waals surface area contributed by atoms with Crippen LogP contribution in [0.4, 0.5) is 5.69 Å². The molecule has 3 rings (SSSR count). The number of nitrogens with one attached hydrogen (secondary N) is 1. The maximum Gasteiger partial charge on any atom is 0.293 e. The van der Waals surface area contributed by atoms with E-state index in [0.29, 0.717) is 6.47 Å². The third-order valence-corrected chi connectivity index (χ3v) is 3.63. The zero-order valence-electron chi connectivity index (χ0n) is 14.5. The van der Waals surface area contributed by atoms with Gasteiger partial charge in [-0.05, 0) is 41.8 Å². The second-order valence-electron chi connectivity index (χ2n) is 5.39. The number of pyridine rings is 1. The Labute approximate surface area is 152 Å². The number of nitrogens with zero attached hydrogens (tertiary/aromatic N) is 1. The van der Waals surface area contributed by atoms with Gasteiger partial charge in [0, 0.05) is 23.5 Å². The van der Waals surface area contributed by atoms with Gasteiger partial charge in [-0.15, -0.1) is 0 Å². The molecule has 6 heteroatoms. The summed E-state index contributed by atoms with van der Waals surface area (Å²) in [6.07, 6.45) is 3.80. The Kier molecular flexibility index (Phi) is 7.27. The summed E-state index contributed by atoms with van der Waals surface area (Å²) in [6.45, 7) is 0.656. The van der Waals surface area contributed by atoms with Gasteiger partial charge in [-0.2, -0.15) is 0 Å². The molecule has 0 spiro atoms. The lowest BCUT2D eigenvalue weighted by molar-refractivity contribution is -0.129. The van der Waals surface area contributed by atoms with Gasteiger partial charge in [0.1, 0.15) is 6.61 Å². The summed E-state index contributed by atoms with van der Waals surface area (Å²) < 4.78 is 4.69. The summed E-state index contributed by atoms with van der Waals surface area (Å²) in [5, 5.41) is 4.96. The van der Waals surface area contributed by atoms with E-state index in [1.165, 1.54) is 7.05 Å². The van der Waals surface area contributed by atoms with E-state index in [2.05, 4.69) is 16.0 Å². The highest BCUT2D eigenvalue weighted by Crippen LogP contribution is 2.18. The monoisotopic (exact) mass is 351 g/mol. The Balaban J connectivity index is 0.00000117. The molecule has 0 aliphatic heterocycles. The summed E-state index contributed by atoms with van der Waals surface area (Å²) in [5.41, 5.74) is 7.04. The molecule has 1 heterocycles. The Hall–Kier alpha value is -3.25. The number of ether oxygens (including phenoxy) is 1. The number of fused-ring (bicyclic) bond motifs is 1. The SMILES string of the molecule is CN.O=COCc1ccc(CC(=O)Nc2ccc3cnccc3c2)cc1. The van der Waals surface area contributed by atoms with Crippen molar-refractivity contribution in [2.75, 3.05) is 12.4 Å². The normalized spacial score (nSPS) is 9.77. The molecular formula is C20H21N3O3. The van der Waals surface area contributed by atoms with Gasteiger partial charge in [0.05, 0.1) is 6.42 Å². The van der Waals surface area contributed by atoms with Crippen LogP contribution >= 0.6 is 0 Å². The van der Waals surface area contributed by atoms with Crippen molar-refractivity contribution in [3.05, 3.63) is 72.1 Å². The molecule has 0 unspecified atom stereocenters. The van der Waals surface area contributed by atoms with Crippen molar-refractivity contribution in [3.8, 4) is 0 Å². The molecule has 0 aliphatic carbocycles. The van der Waals surface area contributed by atoms with Crippen LogP contribution in [0, 0.1) is 0 Å². The molecule has 0 saturated heterocycles. The van der Waals surface area contributed by atoms with Crippen LogP contribution in [0.2, 0.25) is 0 Å². The van der Waals surface area contributed by atoms with Crippen molar-refractivity contribution >= 4 is 28.8 Å². The lowest BCUT2D eigenvalue weighted by Crippen LogP contribution is -2.14. The highest BCUT2D eigenvalue weighted by atomic mass is 16.5. The van der Waals surface area contributed by atoms with Crippen molar-refractivity contribution in [2.45, 2.75) is 13.0 Å². The zero-order valence-corrected chi connectivity index (χ0v) is 14.5. The lowest BCUT2D eigenvalue weighted by atomic mass is 10.1. The fourth-order valence-electron chi connectivity index (χ4n) is 2.44. The van der Waals surface area contributed by atoms with E-state index in [9.17, 15) is 9.59 Å². The Morgan fingerprint density at radius 2 is 1.81 bits per heavy atom. The Morgan fingerprint density at radius 1 is 1.08 bits per heavy atom. The molecule has 3 aromatic rings. The number of rotatable bonds is 6. The molecule has 0 fully saturated rings. The predicted octanol–water partition coefficient (Wildman–Crippen LogP) is 2.66. The number of aromatic nitrogens is 1. The van der Waals surface area contributed by atoms with E-state index in [1.807, 2.05) is 48.5 Å². The molecule has 26 heavy (non-hydrogen) atoms. The number of carbonyl (C=O) groups is 2. The van der Waals surface area contributed by atoms with E-state index in [1.54, 1.807) is 12.4 Å². The van der Waals surface area contributed by atoms with Crippen LogP contribution < -0.4 is 11.1 Å². The molecule has 0 radical (unpaired) electrons. The number of nitrogens with two attached hydrogens (primary N) is 1. The maximum absolute atomic E-state index is 12.2. The minimum Gasteiger partial charge on any atom is -0.463 e. The summed E-state index contributed by atoms with van der Waals surface area (Å²) in [4.78, 5) is 26.4. The molecule has 0 aliphatic rings. The summed E-state index contributed by atoms with van der Waals surface area (Å²) in [5.74, 6) is -0.0831. The summed E-state index contributed by atoms with van der Waals surface area (Å²) in [7, 11) is 1.50. The standard InChI is InChI=1S/C19H16N2O3.CH5N/c22-13-24-12-15-3-1-14(2-4-15)9-19(23)21-18-6-5-17-11-20-8-7-16(17)10-18;1-2/h1-8,10-11,13H,9,12H2,(H,21,23);2H2,1H3. The first-order valence-corrected chi connectivity index (χ1v) is 8.09. The zero-order chi connectivity index (χ0) is 18.8. The number of hydrogen-bond donors (Lipinski definition) is 2. The fourth-order valence-corrected chi connectivity index (χ4v) is 2.44. The van der Waals surface area contributed by atoms with Gasteiger partial charge in [-0.25, -0.2) is 0 Å². The minimum absolute atomic E-state index is 0.0831. The van der Waals surface area contributed by atoms with E-state index in [4.69, 9.17) is 4.74 Å². The summed E-state index contributed by atoms with van der Waals surface area (Å²) >= 11 is 0. The molecule has 2 aromatic carbocycles. The molecule has 6 nitrogen and oxygen atoms in total. The average molecular weight is 351 g/mol. The molecular weight excluding hydrogens is 330 g/mol. The highest BCUT2D eigenvalue weighted by Gasteiger charge is 2.05. The molecule has 0 atom stereocenters. The van der Waals surface area contributed by atoms with Gasteiger partial charge in [0.25, 0.3) is 6.47 Å². The fraction of sp³-hybridized carbons (Fsp3) is 0.150. The van der Waals surface area contributed by atoms with Crippen LogP contribution in [0.25, 0.3) is 10.8 Å². The van der Waals surface area contributed by atoms with E-state index < -0.39 is 0 Å². The number of amides is 1. The molecule has 134 valence electrons. The second kappa shape index (κ2) is 9.90. The predicted molar refractivity (Wildman–Crippen MR) is 101 cm³/mol. The molecule has 1 amide bonds. The third-order valence-electron chi connectivity index (χ3n) is 3.63. The second-order valence-corrected chi connectivity index (χ2v) is 5.39. The van der Waals surface area contributed by atoms with Gasteiger partial charge in [0.2, 0.25) is 5.91 Å². The van der Waals surface area contributed by atoms with Crippen LogP contribution in [0.3, 0.4) is 0 Å². The van der Waals surface area contributed by atoms with Gasteiger partial charge in [0.15, 0.2) is 0 Å². The summed E-state index contributed by atoms with van der Waals surface area (Å²) in [6, 6.07) is 15.0. The van der Waals surface area contributed by atoms with Crippen LogP contribution in [-0.2, 0) is 27.4 Å².